The minimum absolute atomic E-state index is 0.0134. The lowest BCUT2D eigenvalue weighted by atomic mass is 10.0. The van der Waals surface area contributed by atoms with Gasteiger partial charge in [-0.15, -0.1) is 5.10 Å². The third-order valence-corrected chi connectivity index (χ3v) is 5.26. The Morgan fingerprint density at radius 1 is 1.21 bits per heavy atom. The molecule has 4 rings (SSSR count). The summed E-state index contributed by atoms with van der Waals surface area (Å²) in [5.74, 6) is 2.36. The average molecular weight is 396 g/mol. The second kappa shape index (κ2) is 8.04. The van der Waals surface area contributed by atoms with Gasteiger partial charge in [-0.05, 0) is 30.8 Å². The van der Waals surface area contributed by atoms with Gasteiger partial charge in [0.25, 0.3) is 5.78 Å². The summed E-state index contributed by atoms with van der Waals surface area (Å²) in [7, 11) is 5.31. The van der Waals surface area contributed by atoms with Crippen LogP contribution in [0.15, 0.2) is 36.7 Å². The van der Waals surface area contributed by atoms with Crippen molar-refractivity contribution in [2.45, 2.75) is 12.5 Å². The molecule has 0 bridgehead atoms. The molecule has 9 heteroatoms. The van der Waals surface area contributed by atoms with Crippen molar-refractivity contribution in [1.82, 2.24) is 29.4 Å². The van der Waals surface area contributed by atoms with Gasteiger partial charge in [-0.1, -0.05) is 6.07 Å². The Bertz CT molecular complexity index is 987. The van der Waals surface area contributed by atoms with E-state index in [9.17, 15) is 4.79 Å². The third kappa shape index (κ3) is 3.86. The molecule has 2 aromatic heterocycles. The molecule has 3 heterocycles. The van der Waals surface area contributed by atoms with E-state index < -0.39 is 0 Å². The highest BCUT2D eigenvalue weighted by Gasteiger charge is 2.29. The number of likely N-dealkylation sites (N-methyl/N-ethyl adjacent to an activating group) is 1. The van der Waals surface area contributed by atoms with Crippen molar-refractivity contribution >= 4 is 11.7 Å². The minimum Gasteiger partial charge on any atom is -0.493 e. The van der Waals surface area contributed by atoms with Gasteiger partial charge < -0.3 is 14.4 Å². The maximum Gasteiger partial charge on any atom is 0.252 e. The van der Waals surface area contributed by atoms with Gasteiger partial charge in [0.15, 0.2) is 17.3 Å². The van der Waals surface area contributed by atoms with Crippen LogP contribution in [-0.4, -0.2) is 76.2 Å². The molecule has 0 radical (unpaired) electrons. The number of methoxy groups -OCH3 is 2. The van der Waals surface area contributed by atoms with Crippen LogP contribution in [0.25, 0.3) is 5.78 Å². The zero-order valence-corrected chi connectivity index (χ0v) is 16.8. The van der Waals surface area contributed by atoms with E-state index in [1.807, 2.05) is 23.1 Å². The quantitative estimate of drug-likeness (QED) is 0.641. The van der Waals surface area contributed by atoms with Gasteiger partial charge in [0.2, 0.25) is 5.91 Å². The van der Waals surface area contributed by atoms with Crippen LogP contribution >= 0.6 is 0 Å². The van der Waals surface area contributed by atoms with E-state index in [-0.39, 0.29) is 18.4 Å². The molecule has 1 aromatic carbocycles. The predicted octanol–water partition coefficient (Wildman–Crippen LogP) is 1.20. The summed E-state index contributed by atoms with van der Waals surface area (Å²) in [6.07, 6.45) is 3.59. The molecule has 0 spiro atoms. The molecule has 1 aliphatic rings. The number of amides is 1. The molecule has 0 N–H and O–H groups in total. The Hall–Kier alpha value is -3.20. The summed E-state index contributed by atoms with van der Waals surface area (Å²) in [5, 5.41) is 4.34. The van der Waals surface area contributed by atoms with Gasteiger partial charge in [0, 0.05) is 32.0 Å². The van der Waals surface area contributed by atoms with Crippen LogP contribution in [0, 0.1) is 0 Å². The van der Waals surface area contributed by atoms with Crippen LogP contribution in [0.2, 0.25) is 0 Å². The normalized spacial score (nSPS) is 17.5. The largest absolute Gasteiger partial charge is 0.493 e. The molecule has 1 saturated heterocycles. The average Bonchev–Trinajstić information content (AvgIpc) is 3.15. The Morgan fingerprint density at radius 2 is 2.03 bits per heavy atom. The molecule has 0 saturated carbocycles. The Kier molecular flexibility index (Phi) is 5.30. The fourth-order valence-electron chi connectivity index (χ4n) is 3.62. The summed E-state index contributed by atoms with van der Waals surface area (Å²) in [4.78, 5) is 25.5. The highest BCUT2D eigenvalue weighted by Crippen LogP contribution is 2.33. The van der Waals surface area contributed by atoms with Crippen molar-refractivity contribution in [3.63, 3.8) is 0 Å². The molecule has 1 atom stereocenters. The zero-order chi connectivity index (χ0) is 20.4. The fraction of sp³-hybridized carbons (Fsp3) is 0.400. The van der Waals surface area contributed by atoms with Crippen LogP contribution < -0.4 is 9.47 Å². The summed E-state index contributed by atoms with van der Waals surface area (Å²) >= 11 is 0. The topological polar surface area (TPSA) is 85.1 Å². The SMILES string of the molecule is COc1ccc(C2CN(C(=O)Cc3nc4ncccn4n3)CCN2C)cc1OC. The second-order valence-electron chi connectivity index (χ2n) is 7.02. The predicted molar refractivity (Wildman–Crippen MR) is 106 cm³/mol. The Labute approximate surface area is 168 Å². The van der Waals surface area contributed by atoms with Gasteiger partial charge in [-0.2, -0.15) is 4.98 Å². The molecule has 29 heavy (non-hydrogen) atoms. The number of hydrogen-bond donors (Lipinski definition) is 0. The fourth-order valence-corrected chi connectivity index (χ4v) is 3.62. The summed E-state index contributed by atoms with van der Waals surface area (Å²) < 4.78 is 12.4. The molecule has 1 fully saturated rings. The van der Waals surface area contributed by atoms with Crippen molar-refractivity contribution in [2.24, 2.45) is 0 Å². The molecule has 152 valence electrons. The molecule has 0 aliphatic carbocycles. The van der Waals surface area contributed by atoms with E-state index >= 15 is 0 Å². The summed E-state index contributed by atoms with van der Waals surface area (Å²) in [5.41, 5.74) is 1.08. The monoisotopic (exact) mass is 396 g/mol. The van der Waals surface area contributed by atoms with E-state index in [2.05, 4.69) is 27.0 Å². The number of rotatable bonds is 5. The third-order valence-electron chi connectivity index (χ3n) is 5.26. The lowest BCUT2D eigenvalue weighted by Gasteiger charge is -2.39. The number of aromatic nitrogens is 4. The molecular weight excluding hydrogens is 372 g/mol. The number of carbonyl (C=O) groups is 1. The van der Waals surface area contributed by atoms with E-state index in [4.69, 9.17) is 9.47 Å². The lowest BCUT2D eigenvalue weighted by Crippen LogP contribution is -2.49. The highest BCUT2D eigenvalue weighted by molar-refractivity contribution is 5.78. The molecule has 9 nitrogen and oxygen atoms in total. The first-order valence-electron chi connectivity index (χ1n) is 9.45. The van der Waals surface area contributed by atoms with Crippen LogP contribution in [0.3, 0.4) is 0 Å². The number of hydrogen-bond acceptors (Lipinski definition) is 7. The molecule has 1 unspecified atom stereocenters. The Balaban J connectivity index is 1.50. The summed E-state index contributed by atoms with van der Waals surface area (Å²) in [6, 6.07) is 7.75. The van der Waals surface area contributed by atoms with Crippen LogP contribution in [0.5, 0.6) is 11.5 Å². The molecule has 1 amide bonds. The second-order valence-corrected chi connectivity index (χ2v) is 7.02. The van der Waals surface area contributed by atoms with Crippen LogP contribution in [0.1, 0.15) is 17.4 Å². The molecule has 1 aliphatic heterocycles. The maximum atomic E-state index is 12.9. The number of ether oxygens (including phenoxy) is 2. The first-order valence-corrected chi connectivity index (χ1v) is 9.45. The number of carbonyl (C=O) groups excluding carboxylic acids is 1. The van der Waals surface area contributed by atoms with Crippen molar-refractivity contribution in [1.29, 1.82) is 0 Å². The van der Waals surface area contributed by atoms with E-state index in [0.717, 1.165) is 12.1 Å². The molecular formula is C20H24N6O3. The van der Waals surface area contributed by atoms with Gasteiger partial charge in [0.05, 0.1) is 26.7 Å². The number of nitrogens with zero attached hydrogens (tertiary/aromatic N) is 6. The van der Waals surface area contributed by atoms with Crippen molar-refractivity contribution in [2.75, 3.05) is 40.9 Å². The minimum atomic E-state index is 0.0134. The first kappa shape index (κ1) is 19.1. The molecule has 3 aromatic rings. The zero-order valence-electron chi connectivity index (χ0n) is 16.8. The van der Waals surface area contributed by atoms with Crippen molar-refractivity contribution < 1.29 is 14.3 Å². The highest BCUT2D eigenvalue weighted by atomic mass is 16.5. The smallest absolute Gasteiger partial charge is 0.252 e. The Morgan fingerprint density at radius 3 is 2.79 bits per heavy atom. The van der Waals surface area contributed by atoms with Gasteiger partial charge >= 0.3 is 0 Å². The van der Waals surface area contributed by atoms with Crippen molar-refractivity contribution in [3.8, 4) is 11.5 Å². The van der Waals surface area contributed by atoms with Crippen LogP contribution in [0.4, 0.5) is 0 Å². The number of piperazine rings is 1. The van der Waals surface area contributed by atoms with E-state index in [1.165, 1.54) is 0 Å². The van der Waals surface area contributed by atoms with Gasteiger partial charge in [-0.25, -0.2) is 9.50 Å². The maximum absolute atomic E-state index is 12.9. The standard InChI is InChI=1S/C20H24N6O3/c1-24-9-10-25(13-15(24)14-5-6-16(28-2)17(11-14)29-3)19(27)12-18-22-20-21-7-4-8-26(20)23-18/h4-8,11,15H,9-10,12-13H2,1-3H3. The number of fused-ring (bicyclic) bond motifs is 1. The summed E-state index contributed by atoms with van der Waals surface area (Å²) in [6.45, 7) is 2.05. The van der Waals surface area contributed by atoms with E-state index in [0.29, 0.717) is 36.2 Å². The van der Waals surface area contributed by atoms with Crippen LogP contribution in [-0.2, 0) is 11.2 Å². The van der Waals surface area contributed by atoms with E-state index in [1.54, 1.807) is 37.2 Å². The number of benzene rings is 1. The lowest BCUT2D eigenvalue weighted by molar-refractivity contribution is -0.133. The first-order chi connectivity index (χ1) is 14.1. The van der Waals surface area contributed by atoms with Crippen molar-refractivity contribution in [3.05, 3.63) is 48.0 Å². The van der Waals surface area contributed by atoms with Gasteiger partial charge in [-0.3, -0.25) is 9.69 Å². The van der Waals surface area contributed by atoms with Gasteiger partial charge in [0.1, 0.15) is 0 Å².